The number of amides is 1. The van der Waals surface area contributed by atoms with E-state index in [2.05, 4.69) is 25.2 Å². The van der Waals surface area contributed by atoms with E-state index in [9.17, 15) is 18.7 Å². The van der Waals surface area contributed by atoms with Gasteiger partial charge in [-0.25, -0.2) is 4.98 Å². The summed E-state index contributed by atoms with van der Waals surface area (Å²) in [6.07, 6.45) is 3.34. The highest BCUT2D eigenvalue weighted by Gasteiger charge is 2.28. The van der Waals surface area contributed by atoms with Gasteiger partial charge < -0.3 is 20.1 Å². The molecule has 3 heterocycles. The number of aromatic amines is 1. The largest absolute Gasteiger partial charge is 0.487 e. The summed E-state index contributed by atoms with van der Waals surface area (Å²) in [5.41, 5.74) is -0.833. The molecule has 32 heavy (non-hydrogen) atoms. The van der Waals surface area contributed by atoms with Crippen molar-refractivity contribution in [1.29, 1.82) is 0 Å². The second-order valence-corrected chi connectivity index (χ2v) is 7.88. The van der Waals surface area contributed by atoms with Crippen molar-refractivity contribution < 1.29 is 23.4 Å². The highest BCUT2D eigenvalue weighted by atomic mass is 35.5. The minimum atomic E-state index is -3.81. The molecule has 1 atom stereocenters. The first kappa shape index (κ1) is 22.0. The van der Waals surface area contributed by atoms with Crippen LogP contribution in [-0.4, -0.2) is 51.0 Å². The van der Waals surface area contributed by atoms with Gasteiger partial charge in [-0.3, -0.25) is 9.89 Å². The third-order valence-electron chi connectivity index (χ3n) is 5.04. The van der Waals surface area contributed by atoms with E-state index >= 15 is 0 Å². The molecule has 0 radical (unpaired) electrons. The van der Waals surface area contributed by atoms with E-state index in [4.69, 9.17) is 11.6 Å². The van der Waals surface area contributed by atoms with Crippen LogP contribution in [0.2, 0.25) is 0 Å². The minimum absolute atomic E-state index is 0.140. The number of hydrogen-bond acceptors (Lipinski definition) is 6. The van der Waals surface area contributed by atoms with Crippen LogP contribution in [0.3, 0.4) is 0 Å². The van der Waals surface area contributed by atoms with Crippen LogP contribution >= 0.6 is 11.6 Å². The van der Waals surface area contributed by atoms with Gasteiger partial charge in [-0.1, -0.05) is 0 Å². The Bertz CT molecular complexity index is 1120. The van der Waals surface area contributed by atoms with Crippen molar-refractivity contribution >= 4 is 29.0 Å². The molecule has 1 fully saturated rings. The number of H-pyrrole nitrogens is 1. The number of ether oxygens (including phenoxy) is 1. The topological polar surface area (TPSA) is 103 Å². The van der Waals surface area contributed by atoms with Crippen LogP contribution < -0.4 is 15.0 Å². The zero-order chi connectivity index (χ0) is 22.9. The van der Waals surface area contributed by atoms with E-state index in [0.717, 1.165) is 11.3 Å². The highest BCUT2D eigenvalue weighted by molar-refractivity contribution is 6.20. The fourth-order valence-electron chi connectivity index (χ4n) is 3.51. The molecule has 8 nitrogen and oxygen atoms in total. The SMILES string of the molecule is Cc1cn[nH]c1-c1cc(C(=O)Nc2ccc(OC(F)(F)Cl)cc2)cnc1N1CC[C@@H](O)C1. The molecular weight excluding hydrogens is 444 g/mol. The monoisotopic (exact) mass is 463 g/mol. The number of anilines is 2. The van der Waals surface area contributed by atoms with Gasteiger partial charge in [0.25, 0.3) is 5.91 Å². The van der Waals surface area contributed by atoms with Gasteiger partial charge in [0.15, 0.2) is 0 Å². The Kier molecular flexibility index (Phi) is 5.98. The number of aliphatic hydroxyl groups is 1. The number of β-amino-alcohol motifs (C(OH)–C–C–N with tert-alkyl or cyclic N) is 1. The summed E-state index contributed by atoms with van der Waals surface area (Å²) in [7, 11) is 0. The number of benzene rings is 1. The average Bonchev–Trinajstić information content (AvgIpc) is 3.36. The number of hydrogen-bond donors (Lipinski definition) is 3. The lowest BCUT2D eigenvalue weighted by Gasteiger charge is -2.20. The van der Waals surface area contributed by atoms with E-state index in [1.807, 2.05) is 11.8 Å². The maximum atomic E-state index is 12.8. The number of halogens is 3. The Labute approximate surface area is 187 Å². The maximum absolute atomic E-state index is 12.8. The summed E-state index contributed by atoms with van der Waals surface area (Å²) in [6.45, 7) is 2.99. The van der Waals surface area contributed by atoms with Gasteiger partial charge in [0.2, 0.25) is 0 Å². The summed E-state index contributed by atoms with van der Waals surface area (Å²) < 4.78 is 29.7. The Morgan fingerprint density at radius 3 is 2.69 bits per heavy atom. The lowest BCUT2D eigenvalue weighted by molar-refractivity contribution is -0.0964. The second kappa shape index (κ2) is 8.71. The van der Waals surface area contributed by atoms with Crippen LogP contribution in [0, 0.1) is 6.92 Å². The molecule has 168 valence electrons. The molecular formula is C21H20ClF2N5O3. The van der Waals surface area contributed by atoms with E-state index in [0.29, 0.717) is 42.1 Å². The van der Waals surface area contributed by atoms with Gasteiger partial charge in [-0.05, 0) is 49.2 Å². The van der Waals surface area contributed by atoms with Crippen LogP contribution in [-0.2, 0) is 0 Å². The van der Waals surface area contributed by atoms with Gasteiger partial charge in [0.05, 0.1) is 23.6 Å². The van der Waals surface area contributed by atoms with Crippen molar-refractivity contribution in [1.82, 2.24) is 15.2 Å². The Morgan fingerprint density at radius 2 is 2.09 bits per heavy atom. The Balaban J connectivity index is 1.58. The third-order valence-corrected chi connectivity index (χ3v) is 5.11. The number of rotatable bonds is 6. The summed E-state index contributed by atoms with van der Waals surface area (Å²) in [5, 5.41) is 19.6. The average molecular weight is 464 g/mol. The highest BCUT2D eigenvalue weighted by Crippen LogP contribution is 2.33. The molecule has 0 saturated carbocycles. The number of alkyl halides is 3. The van der Waals surface area contributed by atoms with Gasteiger partial charge in [0, 0.05) is 42.1 Å². The van der Waals surface area contributed by atoms with Crippen molar-refractivity contribution in [2.24, 2.45) is 0 Å². The van der Waals surface area contributed by atoms with E-state index in [1.165, 1.54) is 30.5 Å². The lowest BCUT2D eigenvalue weighted by atomic mass is 10.1. The maximum Gasteiger partial charge on any atom is 0.487 e. The molecule has 11 heteroatoms. The molecule has 1 amide bonds. The van der Waals surface area contributed by atoms with Crippen molar-refractivity contribution in [3.8, 4) is 17.0 Å². The lowest BCUT2D eigenvalue weighted by Crippen LogP contribution is -2.23. The van der Waals surface area contributed by atoms with Crippen LogP contribution in [0.5, 0.6) is 5.75 Å². The number of aromatic nitrogens is 3. The molecule has 0 bridgehead atoms. The first-order chi connectivity index (χ1) is 15.2. The fraction of sp³-hybridized carbons (Fsp3) is 0.286. The van der Waals surface area contributed by atoms with E-state index in [1.54, 1.807) is 12.3 Å². The molecule has 4 rings (SSSR count). The van der Waals surface area contributed by atoms with Crippen LogP contribution in [0.4, 0.5) is 20.3 Å². The third kappa shape index (κ3) is 4.97. The number of nitrogens with one attached hydrogen (secondary N) is 2. The molecule has 1 aliphatic rings. The first-order valence-corrected chi connectivity index (χ1v) is 10.2. The van der Waals surface area contributed by atoms with Gasteiger partial charge in [0.1, 0.15) is 11.6 Å². The molecule has 1 saturated heterocycles. The first-order valence-electron chi connectivity index (χ1n) is 9.80. The van der Waals surface area contributed by atoms with Crippen LogP contribution in [0.15, 0.2) is 42.7 Å². The van der Waals surface area contributed by atoms with Crippen LogP contribution in [0.1, 0.15) is 22.3 Å². The molecule has 0 unspecified atom stereocenters. The predicted molar refractivity (Wildman–Crippen MR) is 115 cm³/mol. The van der Waals surface area contributed by atoms with Crippen molar-refractivity contribution in [2.75, 3.05) is 23.3 Å². The zero-order valence-corrected chi connectivity index (χ0v) is 17.7. The van der Waals surface area contributed by atoms with Gasteiger partial charge in [-0.15, -0.1) is 8.78 Å². The normalized spacial score (nSPS) is 16.3. The Morgan fingerprint density at radius 1 is 1.34 bits per heavy atom. The minimum Gasteiger partial charge on any atom is -0.420 e. The van der Waals surface area contributed by atoms with E-state index < -0.39 is 17.6 Å². The summed E-state index contributed by atoms with van der Waals surface area (Å²) in [5.74, 6) is 0.0769. The molecule has 1 aliphatic heterocycles. The standard InChI is InChI=1S/C21H20ClF2N5O3/c1-12-9-26-28-18(12)17-8-13(10-25-19(17)29-7-6-15(30)11-29)20(31)27-14-2-4-16(5-3-14)32-21(22,23)24/h2-5,8-10,15,30H,6-7,11H2,1H3,(H,26,28)(H,27,31)/t15-/m1/s1. The van der Waals surface area contributed by atoms with Crippen LogP contribution in [0.25, 0.3) is 11.3 Å². The number of aryl methyl sites for hydroxylation is 1. The number of nitrogens with zero attached hydrogens (tertiary/aromatic N) is 3. The van der Waals surface area contributed by atoms with Gasteiger partial charge >= 0.3 is 5.57 Å². The number of carbonyl (C=O) groups excluding carboxylic acids is 1. The Hall–Kier alpha value is -3.24. The zero-order valence-electron chi connectivity index (χ0n) is 17.0. The smallest absolute Gasteiger partial charge is 0.420 e. The number of pyridine rings is 1. The van der Waals surface area contributed by atoms with Crippen molar-refractivity contribution in [2.45, 2.75) is 25.0 Å². The van der Waals surface area contributed by atoms with Crippen molar-refractivity contribution in [3.05, 3.63) is 53.9 Å². The molecule has 0 aliphatic carbocycles. The second-order valence-electron chi connectivity index (χ2n) is 7.44. The molecule has 0 spiro atoms. The molecule has 3 aromatic rings. The van der Waals surface area contributed by atoms with E-state index in [-0.39, 0.29) is 5.75 Å². The number of carbonyl (C=O) groups is 1. The van der Waals surface area contributed by atoms with Gasteiger partial charge in [-0.2, -0.15) is 5.10 Å². The molecule has 3 N–H and O–H groups in total. The summed E-state index contributed by atoms with van der Waals surface area (Å²) in [4.78, 5) is 19.3. The number of aliphatic hydroxyl groups excluding tert-OH is 1. The predicted octanol–water partition coefficient (Wildman–Crippen LogP) is 3.77. The summed E-state index contributed by atoms with van der Waals surface area (Å²) in [6, 6.07) is 7.08. The fourth-order valence-corrected chi connectivity index (χ4v) is 3.60. The molecule has 1 aromatic carbocycles. The van der Waals surface area contributed by atoms with Crippen molar-refractivity contribution in [3.63, 3.8) is 0 Å². The molecule has 2 aromatic heterocycles. The summed E-state index contributed by atoms with van der Waals surface area (Å²) >= 11 is 4.75. The quantitative estimate of drug-likeness (QED) is 0.481.